The summed E-state index contributed by atoms with van der Waals surface area (Å²) < 4.78 is 4.52. The van der Waals surface area contributed by atoms with Gasteiger partial charge in [-0.05, 0) is 19.1 Å². The third-order valence-electron chi connectivity index (χ3n) is 2.50. The highest BCUT2D eigenvalue weighted by atomic mass is 16.6. The zero-order valence-electron chi connectivity index (χ0n) is 10.5. The number of nitro benzene ring substituents is 1. The molecule has 1 aromatic rings. The SMILES string of the molecule is CCOC(=O)C(O)C(O)c1ccc(C#N)cc1[N+](=O)[O-]. The maximum atomic E-state index is 11.3. The van der Waals surface area contributed by atoms with E-state index in [1.807, 2.05) is 0 Å². The van der Waals surface area contributed by atoms with E-state index < -0.39 is 28.8 Å². The number of aliphatic hydroxyl groups excluding tert-OH is 2. The largest absolute Gasteiger partial charge is 0.464 e. The van der Waals surface area contributed by atoms with Crippen molar-refractivity contribution >= 4 is 11.7 Å². The minimum absolute atomic E-state index is 0.00191. The van der Waals surface area contributed by atoms with Gasteiger partial charge in [0.15, 0.2) is 6.10 Å². The van der Waals surface area contributed by atoms with Crippen molar-refractivity contribution in [3.8, 4) is 6.07 Å². The van der Waals surface area contributed by atoms with Gasteiger partial charge in [-0.25, -0.2) is 4.79 Å². The fourth-order valence-electron chi connectivity index (χ4n) is 1.55. The Labute approximate surface area is 114 Å². The summed E-state index contributed by atoms with van der Waals surface area (Å²) in [6, 6.07) is 5.03. The Morgan fingerprint density at radius 2 is 2.20 bits per heavy atom. The van der Waals surface area contributed by atoms with Crippen LogP contribution in [0, 0.1) is 21.4 Å². The molecule has 8 nitrogen and oxygen atoms in total. The van der Waals surface area contributed by atoms with Crippen LogP contribution in [-0.2, 0) is 9.53 Å². The lowest BCUT2D eigenvalue weighted by Gasteiger charge is -2.16. The fourth-order valence-corrected chi connectivity index (χ4v) is 1.55. The smallest absolute Gasteiger partial charge is 0.338 e. The molecular formula is C12H12N2O6. The Bertz CT molecular complexity index is 566. The number of ether oxygens (including phenoxy) is 1. The molecule has 0 saturated heterocycles. The van der Waals surface area contributed by atoms with Crippen molar-refractivity contribution in [3.05, 3.63) is 39.4 Å². The molecule has 2 atom stereocenters. The molecule has 1 aromatic carbocycles. The van der Waals surface area contributed by atoms with Crippen LogP contribution in [0.25, 0.3) is 0 Å². The van der Waals surface area contributed by atoms with Gasteiger partial charge in [0.05, 0.1) is 28.7 Å². The fraction of sp³-hybridized carbons (Fsp3) is 0.333. The maximum absolute atomic E-state index is 11.3. The molecule has 0 amide bonds. The van der Waals surface area contributed by atoms with Gasteiger partial charge < -0.3 is 14.9 Å². The standard InChI is InChI=1S/C12H12N2O6/c1-2-20-12(17)11(16)10(15)8-4-3-7(6-13)5-9(8)14(18)19/h3-5,10-11,15-16H,2H2,1H3. The molecule has 0 spiro atoms. The topological polar surface area (TPSA) is 134 Å². The van der Waals surface area contributed by atoms with Crippen LogP contribution in [0.15, 0.2) is 18.2 Å². The van der Waals surface area contributed by atoms with E-state index in [-0.39, 0.29) is 17.7 Å². The molecule has 0 fully saturated rings. The summed E-state index contributed by atoms with van der Waals surface area (Å²) in [6.07, 6.45) is -3.76. The normalized spacial score (nSPS) is 13.1. The van der Waals surface area contributed by atoms with Gasteiger partial charge in [-0.2, -0.15) is 5.26 Å². The number of hydrogen-bond donors (Lipinski definition) is 2. The molecular weight excluding hydrogens is 268 g/mol. The molecule has 8 heteroatoms. The maximum Gasteiger partial charge on any atom is 0.338 e. The number of carbonyl (C=O) groups is 1. The van der Waals surface area contributed by atoms with Crippen LogP contribution in [0.1, 0.15) is 24.2 Å². The molecule has 0 aliphatic carbocycles. The number of rotatable bonds is 5. The highest BCUT2D eigenvalue weighted by Gasteiger charge is 2.32. The van der Waals surface area contributed by atoms with Gasteiger partial charge >= 0.3 is 5.97 Å². The summed E-state index contributed by atoms with van der Waals surface area (Å²) in [5, 5.41) is 39.0. The first kappa shape index (κ1) is 15.6. The van der Waals surface area contributed by atoms with Crippen molar-refractivity contribution in [2.24, 2.45) is 0 Å². The molecule has 20 heavy (non-hydrogen) atoms. The Kier molecular flexibility index (Phi) is 5.14. The van der Waals surface area contributed by atoms with E-state index in [1.54, 1.807) is 6.07 Å². The molecule has 0 aliphatic rings. The highest BCUT2D eigenvalue weighted by Crippen LogP contribution is 2.28. The van der Waals surface area contributed by atoms with Crippen molar-refractivity contribution in [2.45, 2.75) is 19.1 Å². The van der Waals surface area contributed by atoms with Crippen molar-refractivity contribution < 1.29 is 24.7 Å². The average molecular weight is 280 g/mol. The Balaban J connectivity index is 3.15. The van der Waals surface area contributed by atoms with Gasteiger partial charge in [-0.1, -0.05) is 0 Å². The summed E-state index contributed by atoms with van der Waals surface area (Å²) in [5.74, 6) is -1.08. The predicted octanol–water partition coefficient (Wildman–Crippen LogP) is 0.424. The second kappa shape index (κ2) is 6.60. The highest BCUT2D eigenvalue weighted by molar-refractivity contribution is 5.75. The molecule has 0 heterocycles. The van der Waals surface area contributed by atoms with Crippen LogP contribution in [0.4, 0.5) is 5.69 Å². The molecule has 0 radical (unpaired) electrons. The first-order valence-electron chi connectivity index (χ1n) is 5.63. The number of nitriles is 1. The molecule has 0 bridgehead atoms. The van der Waals surface area contributed by atoms with Crippen LogP contribution < -0.4 is 0 Å². The molecule has 2 N–H and O–H groups in total. The molecule has 106 valence electrons. The van der Waals surface area contributed by atoms with Crippen LogP contribution in [0.5, 0.6) is 0 Å². The lowest BCUT2D eigenvalue weighted by molar-refractivity contribution is -0.386. The zero-order chi connectivity index (χ0) is 15.3. The number of esters is 1. The second-order valence-electron chi connectivity index (χ2n) is 3.78. The van der Waals surface area contributed by atoms with Crippen LogP contribution in [0.2, 0.25) is 0 Å². The van der Waals surface area contributed by atoms with Crippen molar-refractivity contribution in [1.82, 2.24) is 0 Å². The number of nitrogens with zero attached hydrogens (tertiary/aromatic N) is 2. The summed E-state index contributed by atoms with van der Waals surface area (Å²) >= 11 is 0. The lowest BCUT2D eigenvalue weighted by Crippen LogP contribution is -2.30. The third-order valence-corrected chi connectivity index (χ3v) is 2.50. The lowest BCUT2D eigenvalue weighted by atomic mass is 10.0. The van der Waals surface area contributed by atoms with Crippen molar-refractivity contribution in [1.29, 1.82) is 5.26 Å². The Morgan fingerprint density at radius 3 is 2.70 bits per heavy atom. The van der Waals surface area contributed by atoms with E-state index >= 15 is 0 Å². The van der Waals surface area contributed by atoms with E-state index in [1.165, 1.54) is 13.0 Å². The minimum Gasteiger partial charge on any atom is -0.464 e. The van der Waals surface area contributed by atoms with Gasteiger partial charge in [0.2, 0.25) is 0 Å². The van der Waals surface area contributed by atoms with Gasteiger partial charge in [0.25, 0.3) is 5.69 Å². The second-order valence-corrected chi connectivity index (χ2v) is 3.78. The number of nitro groups is 1. The third kappa shape index (κ3) is 3.28. The summed E-state index contributed by atoms with van der Waals surface area (Å²) in [5.41, 5.74) is -0.798. The summed E-state index contributed by atoms with van der Waals surface area (Å²) in [6.45, 7) is 1.51. The number of benzene rings is 1. The van der Waals surface area contributed by atoms with Gasteiger partial charge in [-0.15, -0.1) is 0 Å². The first-order chi connectivity index (χ1) is 9.42. The first-order valence-corrected chi connectivity index (χ1v) is 5.63. The molecule has 0 saturated carbocycles. The molecule has 0 aliphatic heterocycles. The van der Waals surface area contributed by atoms with E-state index in [0.717, 1.165) is 12.1 Å². The van der Waals surface area contributed by atoms with Gasteiger partial charge in [-0.3, -0.25) is 10.1 Å². The minimum atomic E-state index is -1.94. The number of aliphatic hydroxyl groups is 2. The van der Waals surface area contributed by atoms with E-state index in [0.29, 0.717) is 0 Å². The number of carbonyl (C=O) groups excluding carboxylic acids is 1. The van der Waals surface area contributed by atoms with Gasteiger partial charge in [0, 0.05) is 6.07 Å². The van der Waals surface area contributed by atoms with Crippen molar-refractivity contribution in [3.63, 3.8) is 0 Å². The van der Waals surface area contributed by atoms with Crippen molar-refractivity contribution in [2.75, 3.05) is 6.61 Å². The molecule has 0 aromatic heterocycles. The van der Waals surface area contributed by atoms with Crippen LogP contribution in [0.3, 0.4) is 0 Å². The Hall–Kier alpha value is -2.50. The quantitative estimate of drug-likeness (QED) is 0.453. The monoisotopic (exact) mass is 280 g/mol. The van der Waals surface area contributed by atoms with Gasteiger partial charge in [0.1, 0.15) is 6.10 Å². The zero-order valence-corrected chi connectivity index (χ0v) is 10.5. The summed E-state index contributed by atoms with van der Waals surface area (Å²) in [7, 11) is 0. The van der Waals surface area contributed by atoms with Crippen LogP contribution in [-0.4, -0.2) is 33.8 Å². The summed E-state index contributed by atoms with van der Waals surface area (Å²) in [4.78, 5) is 21.4. The molecule has 2 unspecified atom stereocenters. The van der Waals surface area contributed by atoms with E-state index in [2.05, 4.69) is 4.74 Å². The van der Waals surface area contributed by atoms with Crippen LogP contribution >= 0.6 is 0 Å². The average Bonchev–Trinajstić information content (AvgIpc) is 2.45. The number of hydrogen-bond acceptors (Lipinski definition) is 7. The van der Waals surface area contributed by atoms with E-state index in [9.17, 15) is 25.1 Å². The molecule has 1 rings (SSSR count). The van der Waals surface area contributed by atoms with E-state index in [4.69, 9.17) is 5.26 Å². The predicted molar refractivity (Wildman–Crippen MR) is 65.4 cm³/mol. The Morgan fingerprint density at radius 1 is 1.55 bits per heavy atom.